The molecule has 1 aromatic heterocycles. The normalized spacial score (nSPS) is 12.7. The topological polar surface area (TPSA) is 75.4 Å². The number of aliphatic hydroxyl groups excluding tert-OH is 1. The lowest BCUT2D eigenvalue weighted by molar-refractivity contribution is 0.144. The molecule has 9 heteroatoms. The zero-order valence-electron chi connectivity index (χ0n) is 19.0. The number of benzene rings is 2. The van der Waals surface area contributed by atoms with E-state index >= 15 is 0 Å². The fourth-order valence-electron chi connectivity index (χ4n) is 4.03. The van der Waals surface area contributed by atoms with Gasteiger partial charge in [0.2, 0.25) is 23.7 Å². The Kier molecular flexibility index (Phi) is 8.34. The van der Waals surface area contributed by atoms with Crippen LogP contribution in [0.4, 0.5) is 0 Å². The maximum absolute atomic E-state index is 13.8. The Bertz CT molecular complexity index is 1030. The summed E-state index contributed by atoms with van der Waals surface area (Å²) >= 11 is 0. The number of nitrogens with zero attached hydrogens (tertiary/aromatic N) is 3. The lowest BCUT2D eigenvalue weighted by Gasteiger charge is -2.30. The smallest absolute Gasteiger partial charge is 0.242 e. The summed E-state index contributed by atoms with van der Waals surface area (Å²) in [5.41, 5.74) is 2.17. The second kappa shape index (κ2) is 11.0. The summed E-state index contributed by atoms with van der Waals surface area (Å²) in [7, 11) is -3.84. The SMILES string of the molecule is CC[C@H](O)Cn1ccc(S(=O)(=O)N(B(C)Cc2ccccc2)B(C)Cc2ccccc2)n1. The number of hydrogen-bond donors (Lipinski definition) is 1. The number of sulfonamides is 1. The summed E-state index contributed by atoms with van der Waals surface area (Å²) in [6, 6.07) is 21.4. The van der Waals surface area contributed by atoms with Gasteiger partial charge in [-0.1, -0.05) is 92.4 Å². The predicted molar refractivity (Wildman–Crippen MR) is 131 cm³/mol. The molecule has 168 valence electrons. The van der Waals surface area contributed by atoms with E-state index in [1.54, 1.807) is 10.3 Å². The van der Waals surface area contributed by atoms with Gasteiger partial charge in [-0.05, 0) is 25.1 Å². The van der Waals surface area contributed by atoms with Crippen LogP contribution >= 0.6 is 0 Å². The highest BCUT2D eigenvalue weighted by Gasteiger charge is 2.38. The second-order valence-electron chi connectivity index (χ2n) is 8.35. The first-order chi connectivity index (χ1) is 15.3. The lowest BCUT2D eigenvalue weighted by atomic mass is 9.48. The van der Waals surface area contributed by atoms with Gasteiger partial charge in [0.05, 0.1) is 12.6 Å². The first-order valence-electron chi connectivity index (χ1n) is 11.1. The summed E-state index contributed by atoms with van der Waals surface area (Å²) in [5.74, 6) is 0. The van der Waals surface area contributed by atoms with Crippen LogP contribution in [0, 0.1) is 0 Å². The Balaban J connectivity index is 1.91. The van der Waals surface area contributed by atoms with Gasteiger partial charge in [-0.3, -0.25) is 8.81 Å². The van der Waals surface area contributed by atoms with E-state index in [0.29, 0.717) is 19.1 Å². The van der Waals surface area contributed by atoms with Gasteiger partial charge in [-0.25, -0.2) is 8.42 Å². The molecule has 0 aliphatic rings. The second-order valence-corrected chi connectivity index (χ2v) is 10.1. The van der Waals surface area contributed by atoms with Crippen LogP contribution in [0.15, 0.2) is 78.0 Å². The Hall–Kier alpha value is -2.35. The molecule has 0 aliphatic heterocycles. The van der Waals surface area contributed by atoms with Crippen LogP contribution in [-0.4, -0.2) is 47.2 Å². The minimum Gasteiger partial charge on any atom is -0.391 e. The van der Waals surface area contributed by atoms with E-state index < -0.39 is 16.1 Å². The minimum absolute atomic E-state index is 0.0145. The van der Waals surface area contributed by atoms with E-state index in [9.17, 15) is 13.5 Å². The molecule has 2 aromatic carbocycles. The van der Waals surface area contributed by atoms with Crippen molar-refractivity contribution in [1.29, 1.82) is 0 Å². The van der Waals surface area contributed by atoms with Crippen molar-refractivity contribution in [3.63, 3.8) is 0 Å². The maximum atomic E-state index is 13.8. The first kappa shape index (κ1) is 24.3. The molecule has 0 saturated carbocycles. The Morgan fingerprint density at radius 2 is 1.44 bits per heavy atom. The van der Waals surface area contributed by atoms with Gasteiger partial charge in [0.1, 0.15) is 0 Å². The highest BCUT2D eigenvalue weighted by atomic mass is 32.2. The van der Waals surface area contributed by atoms with Crippen LogP contribution in [0.2, 0.25) is 13.6 Å². The third-order valence-electron chi connectivity index (χ3n) is 5.64. The van der Waals surface area contributed by atoms with Gasteiger partial charge >= 0.3 is 0 Å². The molecule has 3 rings (SSSR count). The molecule has 0 fully saturated rings. The summed E-state index contributed by atoms with van der Waals surface area (Å²) < 4.78 is 30.6. The molecule has 0 amide bonds. The van der Waals surface area contributed by atoms with Crippen molar-refractivity contribution in [3.8, 4) is 0 Å². The van der Waals surface area contributed by atoms with E-state index in [2.05, 4.69) is 5.10 Å². The number of aromatic nitrogens is 2. The molecule has 0 bridgehead atoms. The van der Waals surface area contributed by atoms with Gasteiger partial charge in [-0.2, -0.15) is 5.10 Å². The summed E-state index contributed by atoms with van der Waals surface area (Å²) in [5, 5.41) is 14.2. The zero-order valence-corrected chi connectivity index (χ0v) is 19.8. The molecule has 3 aromatic rings. The van der Waals surface area contributed by atoms with Crippen LogP contribution in [0.25, 0.3) is 0 Å². The molecule has 32 heavy (non-hydrogen) atoms. The van der Waals surface area contributed by atoms with E-state index in [4.69, 9.17) is 0 Å². The zero-order chi connectivity index (χ0) is 23.1. The fraction of sp³-hybridized carbons (Fsp3) is 0.348. The molecule has 0 aliphatic carbocycles. The van der Waals surface area contributed by atoms with Crippen LogP contribution < -0.4 is 0 Å². The average Bonchev–Trinajstić information content (AvgIpc) is 3.24. The van der Waals surface area contributed by atoms with E-state index in [1.165, 1.54) is 10.7 Å². The first-order valence-corrected chi connectivity index (χ1v) is 12.6. The molecular formula is C23H31B2N3O3S. The largest absolute Gasteiger partial charge is 0.391 e. The Labute approximate surface area is 192 Å². The van der Waals surface area contributed by atoms with Gasteiger partial charge in [0, 0.05) is 6.20 Å². The van der Waals surface area contributed by atoms with Crippen molar-refractivity contribution >= 4 is 23.7 Å². The monoisotopic (exact) mass is 451 g/mol. The number of hydrogen-bond acceptors (Lipinski definition) is 4. The third-order valence-corrected chi connectivity index (χ3v) is 7.66. The van der Waals surface area contributed by atoms with Crippen LogP contribution in [0.1, 0.15) is 24.5 Å². The van der Waals surface area contributed by atoms with Crippen molar-refractivity contribution < 1.29 is 13.5 Å². The Morgan fingerprint density at radius 3 is 1.91 bits per heavy atom. The highest BCUT2D eigenvalue weighted by molar-refractivity contribution is 7.91. The van der Waals surface area contributed by atoms with Gasteiger partial charge in [0.15, 0.2) is 5.03 Å². The molecule has 0 saturated heterocycles. The van der Waals surface area contributed by atoms with Crippen LogP contribution in [0.3, 0.4) is 0 Å². The molecule has 1 N–H and O–H groups in total. The summed E-state index contributed by atoms with van der Waals surface area (Å²) in [4.78, 5) is 0. The molecule has 6 nitrogen and oxygen atoms in total. The van der Waals surface area contributed by atoms with E-state index in [-0.39, 0.29) is 25.3 Å². The van der Waals surface area contributed by atoms with Crippen molar-refractivity contribution in [2.45, 2.75) is 57.3 Å². The molecular weight excluding hydrogens is 420 g/mol. The minimum atomic E-state index is -3.84. The van der Waals surface area contributed by atoms with Gasteiger partial charge in [-0.15, -0.1) is 0 Å². The molecule has 0 unspecified atom stereocenters. The van der Waals surface area contributed by atoms with Gasteiger partial charge in [0.25, 0.3) is 0 Å². The van der Waals surface area contributed by atoms with Crippen molar-refractivity contribution in [2.75, 3.05) is 0 Å². The highest BCUT2D eigenvalue weighted by Crippen LogP contribution is 2.21. The standard InChI is InChI=1S/C23H31B2N3O3S/c1-4-22(29)19-27-16-15-23(26-27)32(30,31)28(24(2)17-20-11-7-5-8-12-20)25(3)18-21-13-9-6-10-14-21/h5-16,22,29H,4,17-19H2,1-3H3/t22-/m0/s1. The van der Waals surface area contributed by atoms with Crippen molar-refractivity contribution in [3.05, 3.63) is 84.1 Å². The molecule has 0 radical (unpaired) electrons. The molecule has 1 atom stereocenters. The molecule has 0 spiro atoms. The quantitative estimate of drug-likeness (QED) is 0.454. The van der Waals surface area contributed by atoms with Crippen molar-refractivity contribution in [1.82, 2.24) is 13.9 Å². The van der Waals surface area contributed by atoms with Crippen LogP contribution in [0.5, 0.6) is 0 Å². The number of rotatable bonds is 11. The van der Waals surface area contributed by atoms with Crippen molar-refractivity contribution in [2.24, 2.45) is 0 Å². The predicted octanol–water partition coefficient (Wildman–Crippen LogP) is 3.45. The maximum Gasteiger partial charge on any atom is 0.242 e. The molecule has 1 heterocycles. The third kappa shape index (κ3) is 6.12. The van der Waals surface area contributed by atoms with Crippen LogP contribution in [-0.2, 0) is 29.2 Å². The average molecular weight is 451 g/mol. The van der Waals surface area contributed by atoms with E-state index in [0.717, 1.165) is 11.1 Å². The Morgan fingerprint density at radius 1 is 0.938 bits per heavy atom. The summed E-state index contributed by atoms with van der Waals surface area (Å²) in [6.07, 6.45) is 2.85. The van der Waals surface area contributed by atoms with E-state index in [1.807, 2.05) is 81.2 Å². The number of aliphatic hydroxyl groups is 1. The van der Waals surface area contributed by atoms with Gasteiger partial charge < -0.3 is 5.11 Å². The lowest BCUT2D eigenvalue weighted by Crippen LogP contribution is -2.52. The fourth-order valence-corrected chi connectivity index (χ4v) is 5.79. The summed E-state index contributed by atoms with van der Waals surface area (Å²) in [6.45, 7) is 5.53.